The van der Waals surface area contributed by atoms with Crippen LogP contribution in [-0.2, 0) is 26.2 Å². The van der Waals surface area contributed by atoms with Gasteiger partial charge in [-0.2, -0.15) is 0 Å². The van der Waals surface area contributed by atoms with Crippen LogP contribution >= 0.6 is 0 Å². The summed E-state index contributed by atoms with van der Waals surface area (Å²) in [7, 11) is -3.48. The van der Waals surface area contributed by atoms with E-state index in [-0.39, 0.29) is 49.0 Å². The molecule has 7 nitrogen and oxygen atoms in total. The highest BCUT2D eigenvalue weighted by Crippen LogP contribution is 2.29. The standard InChI is InChI=1S/C19H27N3O4S/c23-18-12-16(14-22(18)17-8-4-5-9-17)19(24)20-10-11-27(25,26)21-13-15-6-2-1-3-7-15/h1-3,6-7,16-17,21H,4-5,8-14H2,(H,20,24). The van der Waals surface area contributed by atoms with Crippen LogP contribution in [0, 0.1) is 5.92 Å². The molecule has 1 aliphatic heterocycles. The Morgan fingerprint density at radius 1 is 1.15 bits per heavy atom. The van der Waals surface area contributed by atoms with Crippen LogP contribution in [0.5, 0.6) is 0 Å². The maximum atomic E-state index is 12.3. The summed E-state index contributed by atoms with van der Waals surface area (Å²) < 4.78 is 26.6. The number of amides is 2. The molecule has 1 aromatic carbocycles. The van der Waals surface area contributed by atoms with Crippen LogP contribution in [0.3, 0.4) is 0 Å². The molecule has 1 unspecified atom stereocenters. The van der Waals surface area contributed by atoms with Crippen LogP contribution in [0.1, 0.15) is 37.7 Å². The number of rotatable bonds is 8. The Bertz CT molecular complexity index is 760. The van der Waals surface area contributed by atoms with E-state index < -0.39 is 10.0 Å². The summed E-state index contributed by atoms with van der Waals surface area (Å²) in [5, 5.41) is 2.67. The van der Waals surface area contributed by atoms with E-state index in [9.17, 15) is 18.0 Å². The molecule has 2 fully saturated rings. The van der Waals surface area contributed by atoms with Crippen molar-refractivity contribution < 1.29 is 18.0 Å². The molecule has 1 aliphatic carbocycles. The Balaban J connectivity index is 1.40. The van der Waals surface area contributed by atoms with Gasteiger partial charge in [0.1, 0.15) is 0 Å². The van der Waals surface area contributed by atoms with Gasteiger partial charge in [-0.05, 0) is 18.4 Å². The highest BCUT2D eigenvalue weighted by molar-refractivity contribution is 7.89. The van der Waals surface area contributed by atoms with Gasteiger partial charge in [0.2, 0.25) is 21.8 Å². The van der Waals surface area contributed by atoms with Gasteiger partial charge in [-0.25, -0.2) is 13.1 Å². The zero-order chi connectivity index (χ0) is 19.3. The van der Waals surface area contributed by atoms with E-state index in [2.05, 4.69) is 10.0 Å². The van der Waals surface area contributed by atoms with E-state index in [4.69, 9.17) is 0 Å². The summed E-state index contributed by atoms with van der Waals surface area (Å²) in [6.45, 7) is 0.718. The number of sulfonamides is 1. The maximum absolute atomic E-state index is 12.3. The first kappa shape index (κ1) is 19.8. The van der Waals surface area contributed by atoms with Crippen molar-refractivity contribution in [3.63, 3.8) is 0 Å². The van der Waals surface area contributed by atoms with Crippen molar-refractivity contribution in [1.82, 2.24) is 14.9 Å². The minimum absolute atomic E-state index is 0.0388. The average molecular weight is 394 g/mol. The van der Waals surface area contributed by atoms with Crippen molar-refractivity contribution >= 4 is 21.8 Å². The summed E-state index contributed by atoms with van der Waals surface area (Å²) >= 11 is 0. The summed E-state index contributed by atoms with van der Waals surface area (Å²) in [6.07, 6.45) is 4.54. The minimum Gasteiger partial charge on any atom is -0.355 e. The number of hydrogen-bond donors (Lipinski definition) is 2. The number of hydrogen-bond acceptors (Lipinski definition) is 4. The lowest BCUT2D eigenvalue weighted by Crippen LogP contribution is -2.39. The van der Waals surface area contributed by atoms with Crippen molar-refractivity contribution in [2.24, 2.45) is 5.92 Å². The van der Waals surface area contributed by atoms with Crippen molar-refractivity contribution in [3.8, 4) is 0 Å². The molecule has 3 rings (SSSR count). The van der Waals surface area contributed by atoms with E-state index in [0.717, 1.165) is 31.2 Å². The lowest BCUT2D eigenvalue weighted by molar-refractivity contribution is -0.130. The first-order chi connectivity index (χ1) is 12.9. The highest BCUT2D eigenvalue weighted by atomic mass is 32.2. The topological polar surface area (TPSA) is 95.6 Å². The SMILES string of the molecule is O=C(NCCS(=O)(=O)NCc1ccccc1)C1CC(=O)N(C2CCCC2)C1. The van der Waals surface area contributed by atoms with Gasteiger partial charge in [-0.15, -0.1) is 0 Å². The van der Waals surface area contributed by atoms with Crippen molar-refractivity contribution in [2.45, 2.75) is 44.7 Å². The number of nitrogens with zero attached hydrogens (tertiary/aromatic N) is 1. The van der Waals surface area contributed by atoms with E-state index in [1.807, 2.05) is 35.2 Å². The van der Waals surface area contributed by atoms with Crippen LogP contribution in [0.4, 0.5) is 0 Å². The molecule has 2 N–H and O–H groups in total. The predicted octanol–water partition coefficient (Wildman–Crippen LogP) is 1.01. The molecule has 2 aliphatic rings. The van der Waals surface area contributed by atoms with Gasteiger partial charge >= 0.3 is 0 Å². The smallest absolute Gasteiger partial charge is 0.225 e. The quantitative estimate of drug-likeness (QED) is 0.689. The summed E-state index contributed by atoms with van der Waals surface area (Å²) in [5.74, 6) is -0.752. The van der Waals surface area contributed by atoms with Crippen LogP contribution < -0.4 is 10.0 Å². The number of carbonyl (C=O) groups excluding carboxylic acids is 2. The molecule has 8 heteroatoms. The molecule has 148 valence electrons. The molecular formula is C19H27N3O4S. The molecule has 2 amide bonds. The molecule has 1 saturated heterocycles. The number of carbonyl (C=O) groups is 2. The molecule has 0 radical (unpaired) electrons. The van der Waals surface area contributed by atoms with Crippen LogP contribution in [0.25, 0.3) is 0 Å². The zero-order valence-corrected chi connectivity index (χ0v) is 16.2. The summed E-state index contributed by atoms with van der Waals surface area (Å²) in [6, 6.07) is 9.53. The van der Waals surface area contributed by atoms with Crippen molar-refractivity contribution in [2.75, 3.05) is 18.8 Å². The number of likely N-dealkylation sites (tertiary alicyclic amines) is 1. The third kappa shape index (κ3) is 5.52. The van der Waals surface area contributed by atoms with E-state index in [1.54, 1.807) is 0 Å². The van der Waals surface area contributed by atoms with Gasteiger partial charge in [0.25, 0.3) is 0 Å². The summed E-state index contributed by atoms with van der Waals surface area (Å²) in [4.78, 5) is 26.3. The molecule has 1 heterocycles. The molecule has 0 aromatic heterocycles. The Labute approximate surface area is 160 Å². The van der Waals surface area contributed by atoms with Gasteiger partial charge in [0.05, 0.1) is 11.7 Å². The lowest BCUT2D eigenvalue weighted by atomic mass is 10.1. The Morgan fingerprint density at radius 3 is 2.56 bits per heavy atom. The summed E-state index contributed by atoms with van der Waals surface area (Å²) in [5.41, 5.74) is 0.876. The fourth-order valence-electron chi connectivity index (χ4n) is 3.79. The largest absolute Gasteiger partial charge is 0.355 e. The molecule has 27 heavy (non-hydrogen) atoms. The second kappa shape index (κ2) is 8.84. The predicted molar refractivity (Wildman–Crippen MR) is 102 cm³/mol. The molecule has 1 aromatic rings. The van der Waals surface area contributed by atoms with Gasteiger partial charge in [-0.3, -0.25) is 9.59 Å². The normalized spacial score (nSPS) is 21.0. The fraction of sp³-hybridized carbons (Fsp3) is 0.579. The van der Waals surface area contributed by atoms with Crippen LogP contribution in [0.15, 0.2) is 30.3 Å². The minimum atomic E-state index is -3.48. The first-order valence-electron chi connectivity index (χ1n) is 9.53. The molecular weight excluding hydrogens is 366 g/mol. The number of benzene rings is 1. The first-order valence-corrected chi connectivity index (χ1v) is 11.2. The maximum Gasteiger partial charge on any atom is 0.225 e. The van der Waals surface area contributed by atoms with Gasteiger partial charge in [0.15, 0.2) is 0 Å². The van der Waals surface area contributed by atoms with Crippen LogP contribution in [0.2, 0.25) is 0 Å². The average Bonchev–Trinajstić information content (AvgIpc) is 3.30. The van der Waals surface area contributed by atoms with E-state index in [0.29, 0.717) is 6.54 Å². The highest BCUT2D eigenvalue weighted by Gasteiger charge is 2.38. The van der Waals surface area contributed by atoms with Gasteiger partial charge in [-0.1, -0.05) is 43.2 Å². The van der Waals surface area contributed by atoms with E-state index >= 15 is 0 Å². The number of nitrogens with one attached hydrogen (secondary N) is 2. The van der Waals surface area contributed by atoms with E-state index in [1.165, 1.54) is 0 Å². The fourth-order valence-corrected chi connectivity index (χ4v) is 4.69. The van der Waals surface area contributed by atoms with Gasteiger partial charge < -0.3 is 10.2 Å². The van der Waals surface area contributed by atoms with Gasteiger partial charge in [0, 0.05) is 32.1 Å². The molecule has 1 saturated carbocycles. The molecule has 0 spiro atoms. The third-order valence-electron chi connectivity index (χ3n) is 5.30. The monoisotopic (exact) mass is 393 g/mol. The zero-order valence-electron chi connectivity index (χ0n) is 15.4. The molecule has 1 atom stereocenters. The Morgan fingerprint density at radius 2 is 1.85 bits per heavy atom. The Kier molecular flexibility index (Phi) is 6.49. The van der Waals surface area contributed by atoms with Crippen molar-refractivity contribution in [3.05, 3.63) is 35.9 Å². The molecule has 0 bridgehead atoms. The second-order valence-electron chi connectivity index (χ2n) is 7.30. The van der Waals surface area contributed by atoms with Crippen molar-refractivity contribution in [1.29, 1.82) is 0 Å². The third-order valence-corrected chi connectivity index (χ3v) is 6.63. The Hall–Kier alpha value is -1.93. The second-order valence-corrected chi connectivity index (χ2v) is 9.23. The lowest BCUT2D eigenvalue weighted by Gasteiger charge is -2.23. The van der Waals surface area contributed by atoms with Crippen LogP contribution in [-0.4, -0.2) is 50.0 Å².